The normalized spacial score (nSPS) is 30.6. The molecule has 114 valence electrons. The van der Waals surface area contributed by atoms with Gasteiger partial charge < -0.3 is 15.3 Å². The Labute approximate surface area is 119 Å². The van der Waals surface area contributed by atoms with Gasteiger partial charge in [0.05, 0.1) is 6.61 Å². The molecular formula is C16H34N2O. The summed E-state index contributed by atoms with van der Waals surface area (Å²) in [6.45, 7) is 10.5. The Hall–Kier alpha value is -0.120. The summed E-state index contributed by atoms with van der Waals surface area (Å²) in [6.07, 6.45) is 3.92. The lowest BCUT2D eigenvalue weighted by atomic mass is 9.67. The van der Waals surface area contributed by atoms with Gasteiger partial charge in [0.1, 0.15) is 0 Å². The number of nitrogens with zero attached hydrogens (tertiary/aromatic N) is 1. The van der Waals surface area contributed by atoms with E-state index in [0.717, 1.165) is 12.5 Å². The van der Waals surface area contributed by atoms with Crippen molar-refractivity contribution in [2.24, 2.45) is 17.3 Å². The average molecular weight is 270 g/mol. The van der Waals surface area contributed by atoms with Crippen LogP contribution < -0.4 is 5.32 Å². The van der Waals surface area contributed by atoms with E-state index in [1.807, 2.05) is 0 Å². The molecule has 3 heteroatoms. The number of rotatable bonds is 5. The van der Waals surface area contributed by atoms with Crippen molar-refractivity contribution < 1.29 is 5.11 Å². The minimum atomic E-state index is 0.246. The highest BCUT2D eigenvalue weighted by molar-refractivity contribution is 4.90. The van der Waals surface area contributed by atoms with E-state index in [2.05, 4.69) is 52.0 Å². The van der Waals surface area contributed by atoms with E-state index >= 15 is 0 Å². The molecule has 0 radical (unpaired) electrons. The molecular weight excluding hydrogens is 236 g/mol. The Morgan fingerprint density at radius 2 is 1.95 bits per heavy atom. The van der Waals surface area contributed by atoms with Crippen LogP contribution in [0.1, 0.15) is 47.0 Å². The first-order valence-electron chi connectivity index (χ1n) is 7.78. The van der Waals surface area contributed by atoms with Crippen LogP contribution in [0.2, 0.25) is 0 Å². The predicted molar refractivity (Wildman–Crippen MR) is 82.3 cm³/mol. The third kappa shape index (κ3) is 4.73. The summed E-state index contributed by atoms with van der Waals surface area (Å²) in [5, 5.41) is 12.8. The number of hydrogen-bond acceptors (Lipinski definition) is 3. The molecule has 0 aromatic carbocycles. The van der Waals surface area contributed by atoms with E-state index in [0.29, 0.717) is 17.4 Å². The molecule has 2 N–H and O–H groups in total. The van der Waals surface area contributed by atoms with Gasteiger partial charge in [-0.3, -0.25) is 0 Å². The van der Waals surface area contributed by atoms with Crippen molar-refractivity contribution in [3.05, 3.63) is 0 Å². The maximum Gasteiger partial charge on any atom is 0.0584 e. The summed E-state index contributed by atoms with van der Waals surface area (Å²) in [4.78, 5) is 2.31. The van der Waals surface area contributed by atoms with Crippen LogP contribution in [0.5, 0.6) is 0 Å². The molecule has 0 aliphatic heterocycles. The lowest BCUT2D eigenvalue weighted by Gasteiger charge is -2.43. The van der Waals surface area contributed by atoms with E-state index < -0.39 is 0 Å². The zero-order valence-corrected chi connectivity index (χ0v) is 13.7. The number of nitrogens with one attached hydrogen (secondary N) is 1. The van der Waals surface area contributed by atoms with Gasteiger partial charge in [-0.1, -0.05) is 20.8 Å². The Morgan fingerprint density at radius 1 is 1.32 bits per heavy atom. The minimum absolute atomic E-state index is 0.246. The quantitative estimate of drug-likeness (QED) is 0.805. The molecule has 0 aromatic rings. The van der Waals surface area contributed by atoms with Gasteiger partial charge >= 0.3 is 0 Å². The second kappa shape index (κ2) is 7.05. The summed E-state index contributed by atoms with van der Waals surface area (Å²) >= 11 is 0. The molecule has 1 aliphatic carbocycles. The van der Waals surface area contributed by atoms with Gasteiger partial charge in [-0.25, -0.2) is 0 Å². The van der Waals surface area contributed by atoms with Crippen LogP contribution >= 0.6 is 0 Å². The molecule has 0 aromatic heterocycles. The Bertz CT molecular complexity index is 262. The Kier molecular flexibility index (Phi) is 6.28. The highest BCUT2D eigenvalue weighted by Gasteiger charge is 2.35. The summed E-state index contributed by atoms with van der Waals surface area (Å²) in [7, 11) is 4.22. The molecule has 0 saturated heterocycles. The fourth-order valence-electron chi connectivity index (χ4n) is 3.32. The van der Waals surface area contributed by atoms with Crippen molar-refractivity contribution in [3.63, 3.8) is 0 Å². The molecule has 1 aliphatic rings. The minimum Gasteiger partial charge on any atom is -0.395 e. The number of aliphatic hydroxyl groups is 1. The monoisotopic (exact) mass is 270 g/mol. The fourth-order valence-corrected chi connectivity index (χ4v) is 3.32. The topological polar surface area (TPSA) is 35.5 Å². The molecule has 3 nitrogen and oxygen atoms in total. The van der Waals surface area contributed by atoms with Gasteiger partial charge in [-0.15, -0.1) is 0 Å². The maximum absolute atomic E-state index is 9.28. The van der Waals surface area contributed by atoms with Gasteiger partial charge in [0.2, 0.25) is 0 Å². The largest absolute Gasteiger partial charge is 0.395 e. The first-order valence-corrected chi connectivity index (χ1v) is 7.78. The fraction of sp³-hybridized carbons (Fsp3) is 1.00. The summed E-state index contributed by atoms with van der Waals surface area (Å²) < 4.78 is 0. The zero-order chi connectivity index (χ0) is 14.6. The van der Waals surface area contributed by atoms with Gasteiger partial charge in [-0.05, 0) is 57.5 Å². The molecule has 0 bridgehead atoms. The highest BCUT2D eigenvalue weighted by atomic mass is 16.3. The second-order valence-electron chi connectivity index (χ2n) is 7.50. The summed E-state index contributed by atoms with van der Waals surface area (Å²) in [6, 6.07) is 0.888. The van der Waals surface area contributed by atoms with Crippen molar-refractivity contribution in [1.82, 2.24) is 10.2 Å². The third-order valence-corrected chi connectivity index (χ3v) is 5.12. The number of aliphatic hydroxyl groups excluding tert-OH is 1. The van der Waals surface area contributed by atoms with E-state index in [1.54, 1.807) is 0 Å². The van der Waals surface area contributed by atoms with Crippen LogP contribution in [0.15, 0.2) is 0 Å². The van der Waals surface area contributed by atoms with E-state index in [4.69, 9.17) is 0 Å². The van der Waals surface area contributed by atoms with Gasteiger partial charge in [-0.2, -0.15) is 0 Å². The van der Waals surface area contributed by atoms with Gasteiger partial charge in [0.15, 0.2) is 0 Å². The Morgan fingerprint density at radius 3 is 2.42 bits per heavy atom. The predicted octanol–water partition coefficient (Wildman–Crippen LogP) is 2.35. The number of hydrogen-bond donors (Lipinski definition) is 2. The molecule has 0 heterocycles. The third-order valence-electron chi connectivity index (χ3n) is 5.12. The van der Waals surface area contributed by atoms with Crippen molar-refractivity contribution in [1.29, 1.82) is 0 Å². The standard InChI is InChI=1S/C16H34N2O/c1-12(11-19)18(6)10-13-9-14(16(2,3)4)7-8-15(13)17-5/h12-15,17,19H,7-11H2,1-6H3. The number of likely N-dealkylation sites (N-methyl/N-ethyl adjacent to an activating group) is 1. The average Bonchev–Trinajstić information content (AvgIpc) is 2.36. The maximum atomic E-state index is 9.28. The molecule has 4 unspecified atom stereocenters. The first kappa shape index (κ1) is 16.9. The van der Waals surface area contributed by atoms with Gasteiger partial charge in [0, 0.05) is 18.6 Å². The van der Waals surface area contributed by atoms with Crippen molar-refractivity contribution in [2.75, 3.05) is 27.2 Å². The van der Waals surface area contributed by atoms with E-state index in [-0.39, 0.29) is 12.6 Å². The first-order chi connectivity index (χ1) is 8.79. The van der Waals surface area contributed by atoms with E-state index in [9.17, 15) is 5.11 Å². The summed E-state index contributed by atoms with van der Waals surface area (Å²) in [5.74, 6) is 1.52. The molecule has 1 fully saturated rings. The SMILES string of the molecule is CNC1CCC(C(C)(C)C)CC1CN(C)C(C)CO. The van der Waals surface area contributed by atoms with Gasteiger partial charge in [0.25, 0.3) is 0 Å². The van der Waals surface area contributed by atoms with Crippen molar-refractivity contribution in [3.8, 4) is 0 Å². The molecule has 4 atom stereocenters. The smallest absolute Gasteiger partial charge is 0.0584 e. The molecule has 19 heavy (non-hydrogen) atoms. The zero-order valence-electron chi connectivity index (χ0n) is 13.7. The van der Waals surface area contributed by atoms with E-state index in [1.165, 1.54) is 19.3 Å². The highest BCUT2D eigenvalue weighted by Crippen LogP contribution is 2.40. The van der Waals surface area contributed by atoms with Crippen LogP contribution in [-0.4, -0.2) is 49.3 Å². The van der Waals surface area contributed by atoms with Crippen LogP contribution in [0, 0.1) is 17.3 Å². The molecule has 1 rings (SSSR count). The lowest BCUT2D eigenvalue weighted by Crippen LogP contribution is -2.47. The van der Waals surface area contributed by atoms with Crippen molar-refractivity contribution in [2.45, 2.75) is 59.0 Å². The van der Waals surface area contributed by atoms with Crippen molar-refractivity contribution >= 4 is 0 Å². The Balaban J connectivity index is 2.65. The summed E-state index contributed by atoms with van der Waals surface area (Å²) in [5.41, 5.74) is 0.415. The van der Waals surface area contributed by atoms with Crippen LogP contribution in [0.3, 0.4) is 0 Å². The van der Waals surface area contributed by atoms with Crippen LogP contribution in [0.4, 0.5) is 0 Å². The van der Waals surface area contributed by atoms with Crippen LogP contribution in [-0.2, 0) is 0 Å². The van der Waals surface area contributed by atoms with Crippen LogP contribution in [0.25, 0.3) is 0 Å². The molecule has 0 spiro atoms. The molecule has 0 amide bonds. The molecule has 1 saturated carbocycles. The lowest BCUT2D eigenvalue weighted by molar-refractivity contribution is 0.0754. The second-order valence-corrected chi connectivity index (χ2v) is 7.50.